The third-order valence-corrected chi connectivity index (χ3v) is 5.86. The summed E-state index contributed by atoms with van der Waals surface area (Å²) in [5.41, 5.74) is 5.42. The summed E-state index contributed by atoms with van der Waals surface area (Å²) < 4.78 is 28.5. The first-order chi connectivity index (χ1) is 9.03. The maximum atomic E-state index is 12.2. The van der Waals surface area contributed by atoms with Crippen molar-refractivity contribution in [2.75, 3.05) is 33.2 Å². The molecule has 6 nitrogen and oxygen atoms in total. The summed E-state index contributed by atoms with van der Waals surface area (Å²) >= 11 is 0. The molecule has 0 aliphatic carbocycles. The Balaban J connectivity index is 1.86. The second-order valence-corrected chi connectivity index (χ2v) is 7.45. The predicted molar refractivity (Wildman–Crippen MR) is 76.0 cm³/mol. The van der Waals surface area contributed by atoms with Gasteiger partial charge in [-0.25, -0.2) is 0 Å². The molecule has 2 heterocycles. The molecule has 19 heavy (non-hydrogen) atoms. The summed E-state index contributed by atoms with van der Waals surface area (Å²) in [6, 6.07) is 0.667. The summed E-state index contributed by atoms with van der Waals surface area (Å²) in [6.07, 6.45) is 5.02. The van der Waals surface area contributed by atoms with Crippen molar-refractivity contribution in [3.05, 3.63) is 0 Å². The monoisotopic (exact) mass is 290 g/mol. The number of hydrogen-bond acceptors (Lipinski definition) is 4. The second kappa shape index (κ2) is 6.49. The molecule has 0 bridgehead atoms. The van der Waals surface area contributed by atoms with Crippen LogP contribution in [0, 0.1) is 0 Å². The lowest BCUT2D eigenvalue weighted by Gasteiger charge is -2.35. The first-order valence-corrected chi connectivity index (χ1v) is 8.64. The third-order valence-electron chi connectivity index (χ3n) is 4.22. The van der Waals surface area contributed by atoms with Crippen LogP contribution in [0.15, 0.2) is 0 Å². The van der Waals surface area contributed by atoms with E-state index in [0.29, 0.717) is 25.6 Å². The number of nitrogens with zero attached hydrogens (tertiary/aromatic N) is 2. The average Bonchev–Trinajstić information content (AvgIpc) is 2.82. The SMILES string of the molecule is CN(CCCN)S(=O)(=O)NC1CCN2CCCC2C1. The zero-order chi connectivity index (χ0) is 13.9. The predicted octanol–water partition coefficient (Wildman–Crippen LogP) is -0.272. The Morgan fingerprint density at radius 2 is 2.16 bits per heavy atom. The zero-order valence-electron chi connectivity index (χ0n) is 11.7. The van der Waals surface area contributed by atoms with E-state index in [2.05, 4.69) is 9.62 Å². The van der Waals surface area contributed by atoms with Crippen LogP contribution < -0.4 is 10.5 Å². The molecule has 3 N–H and O–H groups in total. The highest BCUT2D eigenvalue weighted by atomic mass is 32.2. The van der Waals surface area contributed by atoms with Gasteiger partial charge >= 0.3 is 0 Å². The maximum absolute atomic E-state index is 12.2. The number of nitrogens with one attached hydrogen (secondary N) is 1. The van der Waals surface area contributed by atoms with Gasteiger partial charge in [0.05, 0.1) is 0 Å². The first kappa shape index (κ1) is 15.2. The van der Waals surface area contributed by atoms with Crippen LogP contribution >= 0.6 is 0 Å². The number of fused-ring (bicyclic) bond motifs is 1. The molecule has 2 fully saturated rings. The summed E-state index contributed by atoms with van der Waals surface area (Å²) in [5.74, 6) is 0. The largest absolute Gasteiger partial charge is 0.330 e. The zero-order valence-corrected chi connectivity index (χ0v) is 12.5. The van der Waals surface area contributed by atoms with Crippen LogP contribution in [0.2, 0.25) is 0 Å². The van der Waals surface area contributed by atoms with Gasteiger partial charge in [0, 0.05) is 25.7 Å². The number of rotatable bonds is 6. The molecule has 112 valence electrons. The van der Waals surface area contributed by atoms with Crippen LogP contribution in [0.3, 0.4) is 0 Å². The number of hydrogen-bond donors (Lipinski definition) is 2. The van der Waals surface area contributed by atoms with Gasteiger partial charge in [-0.2, -0.15) is 17.4 Å². The lowest BCUT2D eigenvalue weighted by Crippen LogP contribution is -2.50. The molecule has 0 spiro atoms. The minimum absolute atomic E-state index is 0.0877. The van der Waals surface area contributed by atoms with Crippen molar-refractivity contribution in [2.45, 2.75) is 44.2 Å². The molecule has 0 radical (unpaired) electrons. The molecule has 7 heteroatoms. The molecular weight excluding hydrogens is 264 g/mol. The highest BCUT2D eigenvalue weighted by molar-refractivity contribution is 7.87. The van der Waals surface area contributed by atoms with Crippen molar-refractivity contribution in [1.29, 1.82) is 0 Å². The Morgan fingerprint density at radius 3 is 2.89 bits per heavy atom. The second-order valence-electron chi connectivity index (χ2n) is 5.64. The smallest absolute Gasteiger partial charge is 0.279 e. The minimum Gasteiger partial charge on any atom is -0.330 e. The average molecular weight is 290 g/mol. The summed E-state index contributed by atoms with van der Waals surface area (Å²) in [6.45, 7) is 3.19. The Morgan fingerprint density at radius 1 is 1.37 bits per heavy atom. The normalized spacial score (nSPS) is 28.8. The Hall–Kier alpha value is -0.210. The van der Waals surface area contributed by atoms with E-state index >= 15 is 0 Å². The molecule has 2 aliphatic heterocycles. The van der Waals surface area contributed by atoms with Gasteiger partial charge in [0.15, 0.2) is 0 Å². The van der Waals surface area contributed by atoms with Gasteiger partial charge < -0.3 is 10.6 Å². The van der Waals surface area contributed by atoms with Gasteiger partial charge in [-0.3, -0.25) is 0 Å². The Labute approximate surface area is 116 Å². The fourth-order valence-electron chi connectivity index (χ4n) is 3.07. The molecule has 2 aliphatic rings. The van der Waals surface area contributed by atoms with Crippen molar-refractivity contribution >= 4 is 10.2 Å². The third kappa shape index (κ3) is 3.88. The standard InChI is InChI=1S/C12H26N4O2S/c1-15(7-3-6-13)19(17,18)14-11-5-9-16-8-2-4-12(16)10-11/h11-12,14H,2-10,13H2,1H3. The first-order valence-electron chi connectivity index (χ1n) is 7.20. The van der Waals surface area contributed by atoms with Gasteiger partial charge in [0.25, 0.3) is 10.2 Å². The topological polar surface area (TPSA) is 78.7 Å². The molecule has 0 aromatic heterocycles. The van der Waals surface area contributed by atoms with Crippen molar-refractivity contribution < 1.29 is 8.42 Å². The Kier molecular flexibility index (Phi) is 5.19. The molecule has 0 amide bonds. The fraction of sp³-hybridized carbons (Fsp3) is 1.00. The van der Waals surface area contributed by atoms with Crippen molar-refractivity contribution in [1.82, 2.24) is 13.9 Å². The molecule has 0 aromatic carbocycles. The lowest BCUT2D eigenvalue weighted by atomic mass is 9.99. The van der Waals surface area contributed by atoms with Gasteiger partial charge in [0.2, 0.25) is 0 Å². The van der Waals surface area contributed by atoms with Gasteiger partial charge in [-0.15, -0.1) is 0 Å². The van der Waals surface area contributed by atoms with E-state index in [1.54, 1.807) is 7.05 Å². The van der Waals surface area contributed by atoms with Crippen LogP contribution in [0.4, 0.5) is 0 Å². The summed E-state index contributed by atoms with van der Waals surface area (Å²) in [7, 11) is -1.74. The number of piperidine rings is 1. The van der Waals surface area contributed by atoms with Crippen LogP contribution in [0.1, 0.15) is 32.1 Å². The van der Waals surface area contributed by atoms with Gasteiger partial charge in [-0.1, -0.05) is 0 Å². The number of nitrogens with two attached hydrogens (primary N) is 1. The fourth-order valence-corrected chi connectivity index (χ4v) is 4.25. The van der Waals surface area contributed by atoms with E-state index in [4.69, 9.17) is 5.73 Å². The molecular formula is C12H26N4O2S. The van der Waals surface area contributed by atoms with Crippen LogP contribution in [-0.4, -0.2) is 62.9 Å². The van der Waals surface area contributed by atoms with Crippen molar-refractivity contribution in [2.24, 2.45) is 5.73 Å². The highest BCUT2D eigenvalue weighted by Crippen LogP contribution is 2.27. The summed E-state index contributed by atoms with van der Waals surface area (Å²) in [4.78, 5) is 2.49. The molecule has 0 aromatic rings. The minimum atomic E-state index is -3.35. The molecule has 0 saturated carbocycles. The van der Waals surface area contributed by atoms with Crippen LogP contribution in [-0.2, 0) is 10.2 Å². The highest BCUT2D eigenvalue weighted by Gasteiger charge is 2.33. The van der Waals surface area contributed by atoms with Crippen molar-refractivity contribution in [3.63, 3.8) is 0 Å². The van der Waals surface area contributed by atoms with Crippen LogP contribution in [0.5, 0.6) is 0 Å². The van der Waals surface area contributed by atoms with E-state index in [0.717, 1.165) is 19.4 Å². The lowest BCUT2D eigenvalue weighted by molar-refractivity contribution is 0.175. The quantitative estimate of drug-likeness (QED) is 0.706. The molecule has 2 rings (SSSR count). The van der Waals surface area contributed by atoms with E-state index in [1.807, 2.05) is 0 Å². The molecule has 2 atom stereocenters. The van der Waals surface area contributed by atoms with E-state index < -0.39 is 10.2 Å². The van der Waals surface area contributed by atoms with Gasteiger partial charge in [0.1, 0.15) is 0 Å². The molecule has 2 unspecified atom stereocenters. The summed E-state index contributed by atoms with van der Waals surface area (Å²) in [5, 5.41) is 0. The van der Waals surface area contributed by atoms with E-state index in [-0.39, 0.29) is 6.04 Å². The van der Waals surface area contributed by atoms with Crippen molar-refractivity contribution in [3.8, 4) is 0 Å². The van der Waals surface area contributed by atoms with Crippen LogP contribution in [0.25, 0.3) is 0 Å². The maximum Gasteiger partial charge on any atom is 0.279 e. The Bertz CT molecular complexity index is 387. The van der Waals surface area contributed by atoms with E-state index in [9.17, 15) is 8.42 Å². The van der Waals surface area contributed by atoms with Gasteiger partial charge in [-0.05, 0) is 51.7 Å². The van der Waals surface area contributed by atoms with E-state index in [1.165, 1.54) is 23.7 Å². The molecule has 2 saturated heterocycles.